The number of carbonyl (C=O) groups is 1. The van der Waals surface area contributed by atoms with E-state index in [1.54, 1.807) is 9.42 Å². The highest BCUT2D eigenvalue weighted by Gasteiger charge is 2.32. The molecule has 2 aliphatic rings. The molecule has 3 atom stereocenters. The van der Waals surface area contributed by atoms with Crippen molar-refractivity contribution in [3.8, 4) is 0 Å². The lowest BCUT2D eigenvalue weighted by atomic mass is 9.98. The second-order valence-electron chi connectivity index (χ2n) is 8.82. The molecule has 2 N–H and O–H groups in total. The SMILES string of the molecule is Cc1cn2nc(C3CCCCN3C(=O)c3ccncc3F)cc2nc1C1CCC(N)C1. The average molecular weight is 423 g/mol. The van der Waals surface area contributed by atoms with E-state index in [0.717, 1.165) is 67.3 Å². The van der Waals surface area contributed by atoms with Gasteiger partial charge in [-0.2, -0.15) is 5.10 Å². The van der Waals surface area contributed by atoms with Gasteiger partial charge in [0.1, 0.15) is 0 Å². The molecule has 4 heterocycles. The van der Waals surface area contributed by atoms with Crippen molar-refractivity contribution >= 4 is 11.6 Å². The summed E-state index contributed by atoms with van der Waals surface area (Å²) >= 11 is 0. The first kappa shape index (κ1) is 20.1. The van der Waals surface area contributed by atoms with Crippen LogP contribution in [0.3, 0.4) is 0 Å². The van der Waals surface area contributed by atoms with Crippen molar-refractivity contribution in [3.05, 3.63) is 59.1 Å². The van der Waals surface area contributed by atoms with Crippen LogP contribution in [0, 0.1) is 12.7 Å². The van der Waals surface area contributed by atoms with Crippen molar-refractivity contribution in [2.24, 2.45) is 5.73 Å². The summed E-state index contributed by atoms with van der Waals surface area (Å²) in [6, 6.07) is 3.46. The van der Waals surface area contributed by atoms with Crippen LogP contribution in [0.2, 0.25) is 0 Å². The highest BCUT2D eigenvalue weighted by atomic mass is 19.1. The number of amides is 1. The van der Waals surface area contributed by atoms with Gasteiger partial charge in [0.2, 0.25) is 0 Å². The van der Waals surface area contributed by atoms with E-state index in [1.165, 1.54) is 12.3 Å². The Hall–Kier alpha value is -2.87. The van der Waals surface area contributed by atoms with Crippen molar-refractivity contribution in [2.45, 2.75) is 63.5 Å². The van der Waals surface area contributed by atoms with Gasteiger partial charge in [-0.3, -0.25) is 9.78 Å². The van der Waals surface area contributed by atoms with Crippen LogP contribution in [0.4, 0.5) is 4.39 Å². The molecule has 7 nitrogen and oxygen atoms in total. The third-order valence-corrected chi connectivity index (χ3v) is 6.66. The van der Waals surface area contributed by atoms with Gasteiger partial charge in [-0.15, -0.1) is 0 Å². The standard InChI is InChI=1S/C23H27FN6O/c1-14-13-30-21(27-22(14)15-5-6-16(25)10-15)11-19(28-30)20-4-2-3-9-29(20)23(31)17-7-8-26-12-18(17)24/h7-8,11-13,15-16,20H,2-6,9-10,25H2,1H3. The number of fused-ring (bicyclic) bond motifs is 1. The molecule has 5 rings (SSSR count). The van der Waals surface area contributed by atoms with Gasteiger partial charge >= 0.3 is 0 Å². The molecule has 1 aliphatic carbocycles. The van der Waals surface area contributed by atoms with Crippen molar-refractivity contribution < 1.29 is 9.18 Å². The highest BCUT2D eigenvalue weighted by molar-refractivity contribution is 5.94. The fourth-order valence-electron chi connectivity index (χ4n) is 5.07. The van der Waals surface area contributed by atoms with E-state index < -0.39 is 5.82 Å². The van der Waals surface area contributed by atoms with Crippen LogP contribution in [-0.2, 0) is 0 Å². The summed E-state index contributed by atoms with van der Waals surface area (Å²) in [6.45, 7) is 2.65. The number of hydrogen-bond donors (Lipinski definition) is 1. The predicted molar refractivity (Wildman–Crippen MR) is 114 cm³/mol. The van der Waals surface area contributed by atoms with Crippen LogP contribution < -0.4 is 5.73 Å². The summed E-state index contributed by atoms with van der Waals surface area (Å²) in [6.07, 6.45) is 10.3. The normalized spacial score (nSPS) is 24.1. The average Bonchev–Trinajstić information content (AvgIpc) is 3.38. The Bertz CT molecular complexity index is 1130. The Balaban J connectivity index is 1.48. The van der Waals surface area contributed by atoms with Crippen molar-refractivity contribution in [1.82, 2.24) is 24.5 Å². The van der Waals surface area contributed by atoms with E-state index in [1.807, 2.05) is 12.3 Å². The lowest BCUT2D eigenvalue weighted by Crippen LogP contribution is -2.39. The molecule has 31 heavy (non-hydrogen) atoms. The minimum atomic E-state index is -0.594. The number of aryl methyl sites for hydroxylation is 1. The maximum absolute atomic E-state index is 14.2. The highest BCUT2D eigenvalue weighted by Crippen LogP contribution is 2.35. The van der Waals surface area contributed by atoms with E-state index in [9.17, 15) is 9.18 Å². The molecule has 3 unspecified atom stereocenters. The monoisotopic (exact) mass is 422 g/mol. The number of likely N-dealkylation sites (tertiary alicyclic amines) is 1. The summed E-state index contributed by atoms with van der Waals surface area (Å²) < 4.78 is 16.0. The fourth-order valence-corrected chi connectivity index (χ4v) is 5.07. The van der Waals surface area contributed by atoms with Crippen molar-refractivity contribution in [3.63, 3.8) is 0 Å². The van der Waals surface area contributed by atoms with Crippen LogP contribution in [0.25, 0.3) is 5.65 Å². The molecule has 3 aromatic heterocycles. The Morgan fingerprint density at radius 3 is 2.90 bits per heavy atom. The zero-order chi connectivity index (χ0) is 21.5. The summed E-state index contributed by atoms with van der Waals surface area (Å²) in [5.41, 5.74) is 9.96. The first-order valence-corrected chi connectivity index (χ1v) is 11.0. The van der Waals surface area contributed by atoms with Gasteiger partial charge in [-0.25, -0.2) is 13.9 Å². The first-order chi connectivity index (χ1) is 15.0. The van der Waals surface area contributed by atoms with Crippen molar-refractivity contribution in [1.29, 1.82) is 0 Å². The molecule has 1 aliphatic heterocycles. The molecule has 2 fully saturated rings. The number of nitrogens with zero attached hydrogens (tertiary/aromatic N) is 5. The Morgan fingerprint density at radius 2 is 2.13 bits per heavy atom. The molecule has 0 radical (unpaired) electrons. The van der Waals surface area contributed by atoms with Crippen molar-refractivity contribution in [2.75, 3.05) is 6.54 Å². The smallest absolute Gasteiger partial charge is 0.257 e. The summed E-state index contributed by atoms with van der Waals surface area (Å²) in [5, 5.41) is 4.76. The Kier molecular flexibility index (Phi) is 5.17. The van der Waals surface area contributed by atoms with Gasteiger partial charge < -0.3 is 10.6 Å². The number of hydrogen-bond acceptors (Lipinski definition) is 5. The maximum Gasteiger partial charge on any atom is 0.257 e. The van der Waals surface area contributed by atoms with Crippen LogP contribution in [-0.4, -0.2) is 43.0 Å². The van der Waals surface area contributed by atoms with Gasteiger partial charge in [-0.1, -0.05) is 0 Å². The minimum Gasteiger partial charge on any atom is -0.330 e. The Labute approximate surface area is 180 Å². The van der Waals surface area contributed by atoms with E-state index >= 15 is 0 Å². The maximum atomic E-state index is 14.2. The van der Waals surface area contributed by atoms with E-state index in [-0.39, 0.29) is 23.6 Å². The number of aromatic nitrogens is 4. The van der Waals surface area contributed by atoms with E-state index in [0.29, 0.717) is 12.5 Å². The number of carbonyl (C=O) groups excluding carboxylic acids is 1. The lowest BCUT2D eigenvalue weighted by molar-refractivity contribution is 0.0600. The largest absolute Gasteiger partial charge is 0.330 e. The topological polar surface area (TPSA) is 89.4 Å². The van der Waals surface area contributed by atoms with Gasteiger partial charge in [0.25, 0.3) is 5.91 Å². The second-order valence-corrected chi connectivity index (χ2v) is 8.82. The minimum absolute atomic E-state index is 0.0551. The summed E-state index contributed by atoms with van der Waals surface area (Å²) in [7, 11) is 0. The molecule has 8 heteroatoms. The molecule has 0 spiro atoms. The zero-order valence-electron chi connectivity index (χ0n) is 17.7. The van der Waals surface area contributed by atoms with E-state index in [4.69, 9.17) is 15.8 Å². The van der Waals surface area contributed by atoms with Crippen LogP contribution in [0.15, 0.2) is 30.7 Å². The van der Waals surface area contributed by atoms with Crippen LogP contribution in [0.1, 0.15) is 77.8 Å². The van der Waals surface area contributed by atoms with E-state index in [2.05, 4.69) is 11.9 Å². The molecule has 162 valence electrons. The summed E-state index contributed by atoms with van der Waals surface area (Å²) in [5.74, 6) is -0.518. The van der Waals surface area contributed by atoms with Crippen LogP contribution >= 0.6 is 0 Å². The number of piperidine rings is 1. The molecule has 3 aromatic rings. The van der Waals surface area contributed by atoms with Gasteiger partial charge in [0, 0.05) is 37.0 Å². The quantitative estimate of drug-likeness (QED) is 0.697. The zero-order valence-corrected chi connectivity index (χ0v) is 17.7. The molecule has 1 saturated carbocycles. The van der Waals surface area contributed by atoms with Gasteiger partial charge in [-0.05, 0) is 57.1 Å². The number of rotatable bonds is 3. The van der Waals surface area contributed by atoms with Gasteiger partial charge in [0.15, 0.2) is 11.5 Å². The first-order valence-electron chi connectivity index (χ1n) is 11.0. The Morgan fingerprint density at radius 1 is 1.26 bits per heavy atom. The summed E-state index contributed by atoms with van der Waals surface area (Å²) in [4.78, 5) is 23.5. The fraction of sp³-hybridized carbons (Fsp3) is 0.478. The van der Waals surface area contributed by atoms with Crippen LogP contribution in [0.5, 0.6) is 0 Å². The molecule has 1 amide bonds. The molecular formula is C23H27FN6O. The number of pyridine rings is 1. The number of halogens is 1. The third-order valence-electron chi connectivity index (χ3n) is 6.66. The van der Waals surface area contributed by atoms with Gasteiger partial charge in [0.05, 0.1) is 29.2 Å². The second kappa shape index (κ2) is 8.00. The predicted octanol–water partition coefficient (Wildman–Crippen LogP) is 3.53. The lowest BCUT2D eigenvalue weighted by Gasteiger charge is -2.34. The number of nitrogens with two attached hydrogens (primary N) is 1. The third kappa shape index (κ3) is 3.69. The molecule has 0 aromatic carbocycles. The molecule has 1 saturated heterocycles. The molecule has 0 bridgehead atoms. The molecular weight excluding hydrogens is 395 g/mol.